The number of hydrogen-bond acceptors (Lipinski definition) is 2. The van der Waals surface area contributed by atoms with Crippen LogP contribution in [-0.4, -0.2) is 28.9 Å². The summed E-state index contributed by atoms with van der Waals surface area (Å²) in [4.78, 5) is 14.8. The minimum Gasteiger partial charge on any atom is -0.393 e. The third kappa shape index (κ3) is 2.92. The van der Waals surface area contributed by atoms with Gasteiger partial charge >= 0.3 is 0 Å². The lowest BCUT2D eigenvalue weighted by Gasteiger charge is -2.38. The number of piperidine rings is 1. The Kier molecular flexibility index (Phi) is 4.57. The average Bonchev–Trinajstić information content (AvgIpc) is 2.39. The third-order valence-corrected chi connectivity index (χ3v) is 5.05. The van der Waals surface area contributed by atoms with Crippen molar-refractivity contribution in [1.29, 1.82) is 0 Å². The molecule has 20 heavy (non-hydrogen) atoms. The molecule has 2 rings (SSSR count). The molecule has 2 N–H and O–H groups in total. The molecule has 1 amide bonds. The van der Waals surface area contributed by atoms with Gasteiger partial charge in [-0.05, 0) is 25.0 Å². The largest absolute Gasteiger partial charge is 0.393 e. The second-order valence-corrected chi connectivity index (χ2v) is 6.57. The Hall–Kier alpha value is -0.840. The molecular formula is C14H16Cl2N2OS. The molecule has 6 heteroatoms. The van der Waals surface area contributed by atoms with Crippen LogP contribution in [0.1, 0.15) is 30.1 Å². The SMILES string of the molecule is CC1(C(N)=S)CCN(C(=O)c2c(Cl)cccc2Cl)CC1. The Morgan fingerprint density at radius 1 is 1.30 bits per heavy atom. The van der Waals surface area contributed by atoms with E-state index < -0.39 is 0 Å². The molecule has 108 valence electrons. The zero-order chi connectivity index (χ0) is 14.9. The molecule has 1 saturated heterocycles. The first-order chi connectivity index (χ1) is 9.35. The van der Waals surface area contributed by atoms with Crippen LogP contribution in [0.3, 0.4) is 0 Å². The van der Waals surface area contributed by atoms with E-state index in [4.69, 9.17) is 41.2 Å². The fourth-order valence-electron chi connectivity index (χ4n) is 2.31. The predicted octanol–water partition coefficient (Wildman–Crippen LogP) is 3.52. The standard InChI is InChI=1S/C14H16Cl2N2OS/c1-14(13(17)20)5-7-18(8-6-14)12(19)11-9(15)3-2-4-10(11)16/h2-4H,5-8H2,1H3,(H2,17,20). The quantitative estimate of drug-likeness (QED) is 0.844. The summed E-state index contributed by atoms with van der Waals surface area (Å²) in [6.07, 6.45) is 1.52. The number of carbonyl (C=O) groups excluding carboxylic acids is 1. The molecule has 1 fully saturated rings. The summed E-state index contributed by atoms with van der Waals surface area (Å²) in [6.45, 7) is 3.25. The minimum absolute atomic E-state index is 0.134. The zero-order valence-corrected chi connectivity index (χ0v) is 13.5. The molecule has 3 nitrogen and oxygen atoms in total. The highest BCUT2D eigenvalue weighted by atomic mass is 35.5. The Labute approximate surface area is 134 Å². The van der Waals surface area contributed by atoms with Crippen LogP contribution in [0.4, 0.5) is 0 Å². The van der Waals surface area contributed by atoms with Gasteiger partial charge in [-0.2, -0.15) is 0 Å². The summed E-state index contributed by atoms with van der Waals surface area (Å²) in [5.74, 6) is -0.134. The Morgan fingerprint density at radius 3 is 2.25 bits per heavy atom. The van der Waals surface area contributed by atoms with E-state index in [2.05, 4.69) is 0 Å². The van der Waals surface area contributed by atoms with Crippen LogP contribution in [0, 0.1) is 5.41 Å². The highest BCUT2D eigenvalue weighted by molar-refractivity contribution is 7.80. The summed E-state index contributed by atoms with van der Waals surface area (Å²) in [6, 6.07) is 5.06. The maximum atomic E-state index is 12.5. The summed E-state index contributed by atoms with van der Waals surface area (Å²) >= 11 is 17.3. The van der Waals surface area contributed by atoms with Crippen LogP contribution in [0.25, 0.3) is 0 Å². The van der Waals surface area contributed by atoms with Crippen molar-refractivity contribution in [1.82, 2.24) is 4.90 Å². The van der Waals surface area contributed by atoms with Gasteiger partial charge in [0.2, 0.25) is 0 Å². The molecule has 0 aromatic heterocycles. The first-order valence-corrected chi connectivity index (χ1v) is 7.55. The van der Waals surface area contributed by atoms with E-state index in [-0.39, 0.29) is 11.3 Å². The van der Waals surface area contributed by atoms with Gasteiger partial charge < -0.3 is 10.6 Å². The first kappa shape index (κ1) is 15.5. The smallest absolute Gasteiger partial charge is 0.256 e. The highest BCUT2D eigenvalue weighted by Gasteiger charge is 2.35. The average molecular weight is 331 g/mol. The van der Waals surface area contributed by atoms with E-state index in [9.17, 15) is 4.79 Å². The van der Waals surface area contributed by atoms with Gasteiger partial charge in [0.15, 0.2) is 0 Å². The molecular weight excluding hydrogens is 315 g/mol. The Bertz CT molecular complexity index is 534. The van der Waals surface area contributed by atoms with Crippen LogP contribution in [0.5, 0.6) is 0 Å². The van der Waals surface area contributed by atoms with Gasteiger partial charge in [0, 0.05) is 18.5 Å². The van der Waals surface area contributed by atoms with E-state index in [0.717, 1.165) is 12.8 Å². The van der Waals surface area contributed by atoms with Gasteiger partial charge in [0.05, 0.1) is 20.6 Å². The van der Waals surface area contributed by atoms with Crippen LogP contribution in [0.15, 0.2) is 18.2 Å². The van der Waals surface area contributed by atoms with Crippen molar-refractivity contribution < 1.29 is 4.79 Å². The van der Waals surface area contributed by atoms with Crippen molar-refractivity contribution in [3.63, 3.8) is 0 Å². The van der Waals surface area contributed by atoms with Crippen molar-refractivity contribution in [2.45, 2.75) is 19.8 Å². The fraction of sp³-hybridized carbons (Fsp3) is 0.429. The number of amides is 1. The lowest BCUT2D eigenvalue weighted by atomic mass is 9.80. The van der Waals surface area contributed by atoms with Gasteiger partial charge in [0.25, 0.3) is 5.91 Å². The molecule has 0 bridgehead atoms. The number of rotatable bonds is 2. The lowest BCUT2D eigenvalue weighted by Crippen LogP contribution is -2.46. The molecule has 1 aliphatic rings. The van der Waals surface area contributed by atoms with Crippen LogP contribution in [0.2, 0.25) is 10.0 Å². The molecule has 0 unspecified atom stereocenters. The van der Waals surface area contributed by atoms with Gasteiger partial charge in [-0.3, -0.25) is 4.79 Å². The molecule has 1 heterocycles. The molecule has 1 aromatic carbocycles. The van der Waals surface area contributed by atoms with Crippen molar-refractivity contribution in [3.8, 4) is 0 Å². The molecule has 1 aliphatic heterocycles. The number of likely N-dealkylation sites (tertiary alicyclic amines) is 1. The molecule has 0 radical (unpaired) electrons. The Morgan fingerprint density at radius 2 is 1.80 bits per heavy atom. The van der Waals surface area contributed by atoms with E-state index in [1.165, 1.54) is 0 Å². The number of thiocarbonyl (C=S) groups is 1. The van der Waals surface area contributed by atoms with Crippen molar-refractivity contribution in [2.75, 3.05) is 13.1 Å². The normalized spacial score (nSPS) is 17.9. The number of nitrogens with two attached hydrogens (primary N) is 1. The Balaban J connectivity index is 2.15. The number of nitrogens with zero attached hydrogens (tertiary/aromatic N) is 1. The number of benzene rings is 1. The van der Waals surface area contributed by atoms with Crippen molar-refractivity contribution in [3.05, 3.63) is 33.8 Å². The van der Waals surface area contributed by atoms with E-state index in [1.807, 2.05) is 6.92 Å². The number of carbonyl (C=O) groups is 1. The van der Waals surface area contributed by atoms with Gasteiger partial charge in [-0.1, -0.05) is 48.4 Å². The molecule has 0 spiro atoms. The van der Waals surface area contributed by atoms with Crippen molar-refractivity contribution >= 4 is 46.3 Å². The second kappa shape index (κ2) is 5.88. The topological polar surface area (TPSA) is 46.3 Å². The fourth-order valence-corrected chi connectivity index (χ4v) is 3.07. The molecule has 1 aromatic rings. The summed E-state index contributed by atoms with van der Waals surface area (Å²) < 4.78 is 0. The number of hydrogen-bond donors (Lipinski definition) is 1. The maximum absolute atomic E-state index is 12.5. The second-order valence-electron chi connectivity index (χ2n) is 5.31. The van der Waals surface area contributed by atoms with Crippen LogP contribution < -0.4 is 5.73 Å². The first-order valence-electron chi connectivity index (χ1n) is 6.38. The molecule has 0 atom stereocenters. The third-order valence-electron chi connectivity index (χ3n) is 3.93. The maximum Gasteiger partial charge on any atom is 0.256 e. The van der Waals surface area contributed by atoms with E-state index in [0.29, 0.717) is 33.7 Å². The zero-order valence-electron chi connectivity index (χ0n) is 11.2. The summed E-state index contributed by atoms with van der Waals surface area (Å²) in [7, 11) is 0. The van der Waals surface area contributed by atoms with E-state index in [1.54, 1.807) is 23.1 Å². The van der Waals surface area contributed by atoms with Gasteiger partial charge in [-0.15, -0.1) is 0 Å². The van der Waals surface area contributed by atoms with Crippen LogP contribution >= 0.6 is 35.4 Å². The van der Waals surface area contributed by atoms with Gasteiger partial charge in [0.1, 0.15) is 0 Å². The lowest BCUT2D eigenvalue weighted by molar-refractivity contribution is 0.0670. The molecule has 0 aliphatic carbocycles. The van der Waals surface area contributed by atoms with Crippen LogP contribution in [-0.2, 0) is 0 Å². The summed E-state index contributed by atoms with van der Waals surface area (Å²) in [5.41, 5.74) is 5.97. The van der Waals surface area contributed by atoms with E-state index >= 15 is 0 Å². The number of halogens is 2. The van der Waals surface area contributed by atoms with Crippen molar-refractivity contribution in [2.24, 2.45) is 11.1 Å². The minimum atomic E-state index is -0.170. The highest BCUT2D eigenvalue weighted by Crippen LogP contribution is 2.33. The summed E-state index contributed by atoms with van der Waals surface area (Å²) in [5, 5.41) is 0.760. The predicted molar refractivity (Wildman–Crippen MR) is 86.5 cm³/mol. The van der Waals surface area contributed by atoms with Gasteiger partial charge in [-0.25, -0.2) is 0 Å². The monoisotopic (exact) mass is 330 g/mol. The molecule has 0 saturated carbocycles.